The molecule has 3 rings (SSSR count). The Bertz CT molecular complexity index is 772. The molecule has 0 saturated carbocycles. The molecule has 0 aliphatic heterocycles. The minimum Gasteiger partial charge on any atom is -0.490 e. The average molecular weight is 280 g/mol. The number of nitrogens with zero attached hydrogens (tertiary/aromatic N) is 1. The number of aromatic nitrogens is 1. The van der Waals surface area contributed by atoms with E-state index in [2.05, 4.69) is 4.98 Å². The molecule has 0 aliphatic rings. The number of rotatable bonds is 4. The van der Waals surface area contributed by atoms with Crippen LogP contribution in [-0.2, 0) is 0 Å². The molecule has 4 nitrogen and oxygen atoms in total. The van der Waals surface area contributed by atoms with E-state index in [-0.39, 0.29) is 0 Å². The van der Waals surface area contributed by atoms with Crippen molar-refractivity contribution >= 4 is 16.6 Å². The Kier molecular flexibility index (Phi) is 3.60. The van der Waals surface area contributed by atoms with Crippen LogP contribution in [0.25, 0.3) is 10.9 Å². The van der Waals surface area contributed by atoms with Gasteiger partial charge in [-0.25, -0.2) is 0 Å². The Morgan fingerprint density at radius 2 is 1.71 bits per heavy atom. The summed E-state index contributed by atoms with van der Waals surface area (Å²) in [7, 11) is 0. The fourth-order valence-corrected chi connectivity index (χ4v) is 2.16. The number of anilines is 1. The summed E-state index contributed by atoms with van der Waals surface area (Å²) in [6.45, 7) is 2.51. The largest absolute Gasteiger partial charge is 0.490 e. The van der Waals surface area contributed by atoms with Crippen molar-refractivity contribution in [2.24, 2.45) is 0 Å². The Balaban J connectivity index is 2.08. The molecule has 0 atom stereocenters. The van der Waals surface area contributed by atoms with E-state index < -0.39 is 0 Å². The van der Waals surface area contributed by atoms with Crippen LogP contribution in [0.5, 0.6) is 17.2 Å². The Hall–Kier alpha value is -2.75. The highest BCUT2D eigenvalue weighted by Crippen LogP contribution is 2.37. The van der Waals surface area contributed by atoms with Crippen LogP contribution in [0.1, 0.15) is 6.92 Å². The smallest absolute Gasteiger partial charge is 0.169 e. The van der Waals surface area contributed by atoms with Crippen LogP contribution in [0.15, 0.2) is 54.7 Å². The van der Waals surface area contributed by atoms with Gasteiger partial charge in [0.05, 0.1) is 24.0 Å². The van der Waals surface area contributed by atoms with Crippen molar-refractivity contribution in [3.05, 3.63) is 54.7 Å². The van der Waals surface area contributed by atoms with Crippen LogP contribution in [-0.4, -0.2) is 11.6 Å². The summed E-state index contributed by atoms with van der Waals surface area (Å²) in [4.78, 5) is 4.31. The maximum Gasteiger partial charge on any atom is 0.169 e. The normalized spacial score (nSPS) is 10.5. The molecule has 0 radical (unpaired) electrons. The minimum absolute atomic E-state index is 0.500. The van der Waals surface area contributed by atoms with Gasteiger partial charge in [0.2, 0.25) is 0 Å². The van der Waals surface area contributed by atoms with Crippen LogP contribution in [0.3, 0.4) is 0 Å². The second-order valence-corrected chi connectivity index (χ2v) is 4.54. The van der Waals surface area contributed by atoms with Crippen molar-refractivity contribution in [1.82, 2.24) is 4.98 Å². The van der Waals surface area contributed by atoms with Crippen molar-refractivity contribution in [2.45, 2.75) is 6.92 Å². The predicted octanol–water partition coefficient (Wildman–Crippen LogP) is 4.01. The van der Waals surface area contributed by atoms with E-state index >= 15 is 0 Å². The summed E-state index contributed by atoms with van der Waals surface area (Å²) < 4.78 is 11.6. The summed E-state index contributed by atoms with van der Waals surface area (Å²) in [5.41, 5.74) is 7.37. The number of nitrogens with two attached hydrogens (primary N) is 1. The van der Waals surface area contributed by atoms with Gasteiger partial charge < -0.3 is 15.2 Å². The van der Waals surface area contributed by atoms with E-state index in [1.54, 1.807) is 6.20 Å². The number of benzene rings is 2. The van der Waals surface area contributed by atoms with E-state index in [0.717, 1.165) is 10.9 Å². The number of hydrogen-bond acceptors (Lipinski definition) is 4. The first-order chi connectivity index (χ1) is 10.3. The highest BCUT2D eigenvalue weighted by molar-refractivity contribution is 5.89. The van der Waals surface area contributed by atoms with E-state index in [0.29, 0.717) is 29.5 Å². The van der Waals surface area contributed by atoms with Gasteiger partial charge in [-0.05, 0) is 31.2 Å². The second-order valence-electron chi connectivity index (χ2n) is 4.54. The zero-order chi connectivity index (χ0) is 14.7. The molecule has 0 saturated heterocycles. The third kappa shape index (κ3) is 2.60. The Morgan fingerprint density at radius 3 is 2.52 bits per heavy atom. The number of pyridine rings is 1. The average Bonchev–Trinajstić information content (AvgIpc) is 2.52. The minimum atomic E-state index is 0.500. The quantitative estimate of drug-likeness (QED) is 0.784. The molecule has 0 unspecified atom stereocenters. The van der Waals surface area contributed by atoms with Gasteiger partial charge in [0, 0.05) is 5.39 Å². The van der Waals surface area contributed by atoms with Crippen LogP contribution in [0.4, 0.5) is 5.69 Å². The fourth-order valence-electron chi connectivity index (χ4n) is 2.16. The lowest BCUT2D eigenvalue weighted by atomic mass is 10.2. The van der Waals surface area contributed by atoms with Gasteiger partial charge in [0.15, 0.2) is 17.2 Å². The molecule has 3 aromatic rings. The van der Waals surface area contributed by atoms with Gasteiger partial charge >= 0.3 is 0 Å². The van der Waals surface area contributed by atoms with Gasteiger partial charge in [0.25, 0.3) is 0 Å². The van der Waals surface area contributed by atoms with E-state index in [1.807, 2.05) is 55.5 Å². The standard InChI is InChI=1S/C17H16N2O2/c1-2-20-15-9-5-6-10-16(15)21-17-12-7-3-4-8-14(12)19-11-13(17)18/h3-11H,2,18H2,1H3. The van der Waals surface area contributed by atoms with Crippen LogP contribution < -0.4 is 15.2 Å². The highest BCUT2D eigenvalue weighted by Gasteiger charge is 2.11. The summed E-state index contributed by atoms with van der Waals surface area (Å²) in [5.74, 6) is 1.94. The maximum atomic E-state index is 6.03. The lowest BCUT2D eigenvalue weighted by Crippen LogP contribution is -1.98. The molecule has 0 spiro atoms. The summed E-state index contributed by atoms with van der Waals surface area (Å²) in [5, 5.41) is 0.879. The molecular weight excluding hydrogens is 264 g/mol. The number of para-hydroxylation sites is 3. The molecule has 2 N–H and O–H groups in total. The summed E-state index contributed by atoms with van der Waals surface area (Å²) in [6, 6.07) is 15.3. The molecule has 2 aromatic carbocycles. The van der Waals surface area contributed by atoms with Gasteiger partial charge in [-0.15, -0.1) is 0 Å². The third-order valence-electron chi connectivity index (χ3n) is 3.11. The highest BCUT2D eigenvalue weighted by atomic mass is 16.5. The molecule has 4 heteroatoms. The first-order valence-electron chi connectivity index (χ1n) is 6.82. The molecule has 1 heterocycles. The Morgan fingerprint density at radius 1 is 1.00 bits per heavy atom. The van der Waals surface area contributed by atoms with Crippen LogP contribution >= 0.6 is 0 Å². The lowest BCUT2D eigenvalue weighted by Gasteiger charge is -2.14. The van der Waals surface area contributed by atoms with Crippen LogP contribution in [0.2, 0.25) is 0 Å². The van der Waals surface area contributed by atoms with Gasteiger partial charge in [-0.1, -0.05) is 24.3 Å². The van der Waals surface area contributed by atoms with E-state index in [9.17, 15) is 0 Å². The molecular formula is C17H16N2O2. The Labute approximate surface area is 123 Å². The molecule has 21 heavy (non-hydrogen) atoms. The van der Waals surface area contributed by atoms with Crippen molar-refractivity contribution in [2.75, 3.05) is 12.3 Å². The van der Waals surface area contributed by atoms with Gasteiger partial charge in [-0.3, -0.25) is 4.98 Å². The molecule has 106 valence electrons. The lowest BCUT2D eigenvalue weighted by molar-refractivity contribution is 0.322. The number of fused-ring (bicyclic) bond motifs is 1. The molecule has 0 amide bonds. The van der Waals surface area contributed by atoms with Crippen molar-refractivity contribution in [3.63, 3.8) is 0 Å². The molecule has 0 fully saturated rings. The van der Waals surface area contributed by atoms with Crippen LogP contribution in [0, 0.1) is 0 Å². The second kappa shape index (κ2) is 5.71. The molecule has 0 bridgehead atoms. The van der Waals surface area contributed by atoms with Gasteiger partial charge in [-0.2, -0.15) is 0 Å². The van der Waals surface area contributed by atoms with E-state index in [4.69, 9.17) is 15.2 Å². The first-order valence-corrected chi connectivity index (χ1v) is 6.82. The summed E-state index contributed by atoms with van der Waals surface area (Å²) >= 11 is 0. The third-order valence-corrected chi connectivity index (χ3v) is 3.11. The molecule has 1 aromatic heterocycles. The van der Waals surface area contributed by atoms with E-state index in [1.165, 1.54) is 0 Å². The number of ether oxygens (including phenoxy) is 2. The number of nitrogen functional groups attached to an aromatic ring is 1. The van der Waals surface area contributed by atoms with Crippen molar-refractivity contribution in [3.8, 4) is 17.2 Å². The maximum absolute atomic E-state index is 6.03. The molecule has 0 aliphatic carbocycles. The monoisotopic (exact) mass is 280 g/mol. The number of hydrogen-bond donors (Lipinski definition) is 1. The van der Waals surface area contributed by atoms with Crippen molar-refractivity contribution < 1.29 is 9.47 Å². The topological polar surface area (TPSA) is 57.4 Å². The van der Waals surface area contributed by atoms with Crippen molar-refractivity contribution in [1.29, 1.82) is 0 Å². The summed E-state index contributed by atoms with van der Waals surface area (Å²) in [6.07, 6.45) is 1.61. The fraction of sp³-hybridized carbons (Fsp3) is 0.118. The zero-order valence-corrected chi connectivity index (χ0v) is 11.7. The van der Waals surface area contributed by atoms with Gasteiger partial charge in [0.1, 0.15) is 0 Å². The SMILES string of the molecule is CCOc1ccccc1Oc1c(N)cnc2ccccc12. The predicted molar refractivity (Wildman–Crippen MR) is 83.8 cm³/mol. The zero-order valence-electron chi connectivity index (χ0n) is 11.7. The first kappa shape index (κ1) is 13.2.